The summed E-state index contributed by atoms with van der Waals surface area (Å²) in [4.78, 5) is 10.2. The van der Waals surface area contributed by atoms with E-state index in [2.05, 4.69) is 20.7 Å². The molecule has 1 unspecified atom stereocenters. The molecule has 0 aliphatic rings. The van der Waals surface area contributed by atoms with E-state index >= 15 is 0 Å². The summed E-state index contributed by atoms with van der Waals surface area (Å²) >= 11 is 2.88. The van der Waals surface area contributed by atoms with Crippen LogP contribution in [0.2, 0.25) is 0 Å². The first kappa shape index (κ1) is 14.9. The number of hydrogen-bond acceptors (Lipinski definition) is 2. The Morgan fingerprint density at radius 2 is 2.06 bits per heavy atom. The quantitative estimate of drug-likeness (QED) is 0.478. The van der Waals surface area contributed by atoms with E-state index < -0.39 is 28.4 Å². The topological polar surface area (TPSA) is 26.3 Å². The molecule has 1 atom stereocenters. The Labute approximate surface area is 109 Å². The highest BCUT2D eigenvalue weighted by Crippen LogP contribution is 2.33. The van der Waals surface area contributed by atoms with Crippen molar-refractivity contribution in [3.05, 3.63) is 35.1 Å². The van der Waals surface area contributed by atoms with Gasteiger partial charge in [-0.3, -0.25) is 4.79 Å². The van der Waals surface area contributed by atoms with Gasteiger partial charge in [0.1, 0.15) is 10.6 Å². The summed E-state index contributed by atoms with van der Waals surface area (Å²) in [5.74, 6) is -1.86. The second kappa shape index (κ2) is 5.69. The summed E-state index contributed by atoms with van der Waals surface area (Å²) in [6.45, 7) is 1.67. The normalized spacial score (nSPS) is 13.2. The summed E-state index contributed by atoms with van der Waals surface area (Å²) in [6.07, 6.45) is -4.62. The van der Waals surface area contributed by atoms with Crippen molar-refractivity contribution in [3.8, 4) is 0 Å². The van der Waals surface area contributed by atoms with Crippen LogP contribution in [-0.2, 0) is 15.7 Å². The van der Waals surface area contributed by atoms with E-state index in [4.69, 9.17) is 0 Å². The van der Waals surface area contributed by atoms with Crippen LogP contribution in [0.5, 0.6) is 0 Å². The fourth-order valence-electron chi connectivity index (χ4n) is 1.25. The van der Waals surface area contributed by atoms with Gasteiger partial charge in [0.25, 0.3) is 0 Å². The highest BCUT2D eigenvalue weighted by atomic mass is 79.9. The van der Waals surface area contributed by atoms with E-state index in [9.17, 15) is 22.4 Å². The van der Waals surface area contributed by atoms with Crippen molar-refractivity contribution >= 4 is 21.9 Å². The Hall–Kier alpha value is -1.11. The lowest BCUT2D eigenvalue weighted by Crippen LogP contribution is -2.13. The maximum Gasteiger partial charge on any atom is 0.416 e. The van der Waals surface area contributed by atoms with Gasteiger partial charge in [-0.2, -0.15) is 13.2 Å². The maximum absolute atomic E-state index is 13.5. The molecule has 0 bridgehead atoms. The van der Waals surface area contributed by atoms with Gasteiger partial charge in [-0.25, -0.2) is 4.39 Å². The average molecular weight is 329 g/mol. The van der Waals surface area contributed by atoms with Gasteiger partial charge in [0.15, 0.2) is 0 Å². The fourth-order valence-corrected chi connectivity index (χ4v) is 1.75. The van der Waals surface area contributed by atoms with E-state index in [1.165, 1.54) is 0 Å². The number of halogens is 5. The van der Waals surface area contributed by atoms with Crippen molar-refractivity contribution in [2.75, 3.05) is 6.61 Å². The molecule has 0 saturated carbocycles. The van der Waals surface area contributed by atoms with E-state index in [1.54, 1.807) is 6.92 Å². The zero-order valence-corrected chi connectivity index (χ0v) is 10.8. The van der Waals surface area contributed by atoms with E-state index in [-0.39, 0.29) is 12.2 Å². The third-order valence-electron chi connectivity index (χ3n) is 2.09. The lowest BCUT2D eigenvalue weighted by Gasteiger charge is -2.12. The van der Waals surface area contributed by atoms with Gasteiger partial charge >= 0.3 is 12.1 Å². The minimum atomic E-state index is -4.62. The second-order valence-electron chi connectivity index (χ2n) is 3.35. The number of carbonyl (C=O) groups is 1. The predicted molar refractivity (Wildman–Crippen MR) is 59.7 cm³/mol. The molecule has 1 aromatic rings. The van der Waals surface area contributed by atoms with Gasteiger partial charge in [0.05, 0.1) is 12.2 Å². The van der Waals surface area contributed by atoms with Gasteiger partial charge in [0, 0.05) is 5.56 Å². The van der Waals surface area contributed by atoms with Crippen LogP contribution in [0.25, 0.3) is 0 Å². The Kier molecular flexibility index (Phi) is 4.72. The summed E-state index contributed by atoms with van der Waals surface area (Å²) in [6, 6.07) is 1.98. The first-order chi connectivity index (χ1) is 8.27. The highest BCUT2D eigenvalue weighted by molar-refractivity contribution is 9.09. The van der Waals surface area contributed by atoms with Crippen LogP contribution < -0.4 is 0 Å². The number of alkyl halides is 4. The third kappa shape index (κ3) is 3.44. The maximum atomic E-state index is 13.5. The molecule has 0 fully saturated rings. The summed E-state index contributed by atoms with van der Waals surface area (Å²) < 4.78 is 55.1. The van der Waals surface area contributed by atoms with Gasteiger partial charge in [-0.05, 0) is 19.1 Å². The largest absolute Gasteiger partial charge is 0.465 e. The second-order valence-corrected chi connectivity index (χ2v) is 4.26. The van der Waals surface area contributed by atoms with Crippen LogP contribution in [-0.4, -0.2) is 12.6 Å². The molecule has 0 aliphatic carbocycles. The van der Waals surface area contributed by atoms with Crippen LogP contribution in [0.3, 0.4) is 0 Å². The molecule has 0 saturated heterocycles. The van der Waals surface area contributed by atoms with Crippen molar-refractivity contribution in [2.45, 2.75) is 17.9 Å². The molecule has 0 aliphatic heterocycles. The Balaban J connectivity index is 3.02. The van der Waals surface area contributed by atoms with Gasteiger partial charge in [-0.1, -0.05) is 22.0 Å². The molecule has 1 rings (SSSR count). The molecule has 0 aromatic heterocycles. The first-order valence-corrected chi connectivity index (χ1v) is 5.86. The first-order valence-electron chi connectivity index (χ1n) is 4.94. The van der Waals surface area contributed by atoms with Crippen molar-refractivity contribution in [1.82, 2.24) is 0 Å². The molecule has 1 aromatic carbocycles. The number of carbonyl (C=O) groups excluding carboxylic acids is 1. The van der Waals surface area contributed by atoms with Crippen molar-refractivity contribution in [2.24, 2.45) is 0 Å². The van der Waals surface area contributed by atoms with Crippen LogP contribution in [0.4, 0.5) is 17.6 Å². The van der Waals surface area contributed by atoms with Gasteiger partial charge < -0.3 is 4.74 Å². The molecule has 100 valence electrons. The van der Waals surface area contributed by atoms with E-state index in [0.717, 1.165) is 6.07 Å². The third-order valence-corrected chi connectivity index (χ3v) is 2.96. The smallest absolute Gasteiger partial charge is 0.416 e. The molecular formula is C11H9BrF4O2. The Morgan fingerprint density at radius 1 is 1.44 bits per heavy atom. The number of benzene rings is 1. The Bertz CT molecular complexity index is 445. The summed E-state index contributed by atoms with van der Waals surface area (Å²) in [5.41, 5.74) is -1.30. The van der Waals surface area contributed by atoms with Crippen LogP contribution in [0.1, 0.15) is 22.9 Å². The zero-order valence-electron chi connectivity index (χ0n) is 9.22. The molecule has 0 N–H and O–H groups in total. The summed E-state index contributed by atoms with van der Waals surface area (Å²) in [7, 11) is 0. The molecule has 18 heavy (non-hydrogen) atoms. The molecule has 2 nitrogen and oxygen atoms in total. The van der Waals surface area contributed by atoms with E-state index in [1.807, 2.05) is 0 Å². The number of esters is 1. The zero-order chi connectivity index (χ0) is 13.9. The molecular weight excluding hydrogens is 320 g/mol. The fraction of sp³-hybridized carbons (Fsp3) is 0.364. The minimum Gasteiger partial charge on any atom is -0.465 e. The van der Waals surface area contributed by atoms with Crippen molar-refractivity contribution in [3.63, 3.8) is 0 Å². The highest BCUT2D eigenvalue weighted by Gasteiger charge is 2.32. The van der Waals surface area contributed by atoms with E-state index in [0.29, 0.717) is 12.1 Å². The molecule has 0 radical (unpaired) electrons. The Morgan fingerprint density at radius 3 is 2.50 bits per heavy atom. The predicted octanol–water partition coefficient (Wildman–Crippen LogP) is 3.84. The number of ether oxygens (including phenoxy) is 1. The van der Waals surface area contributed by atoms with Crippen molar-refractivity contribution in [1.29, 1.82) is 0 Å². The minimum absolute atomic E-state index is 0.100. The van der Waals surface area contributed by atoms with Crippen molar-refractivity contribution < 1.29 is 27.1 Å². The number of rotatable bonds is 3. The lowest BCUT2D eigenvalue weighted by molar-refractivity contribution is -0.142. The van der Waals surface area contributed by atoms with Crippen LogP contribution in [0.15, 0.2) is 18.2 Å². The molecule has 0 heterocycles. The average Bonchev–Trinajstić information content (AvgIpc) is 2.27. The SMILES string of the molecule is CCOC(=O)C(Br)c1ccc(C(F)(F)F)cc1F. The standard InChI is InChI=1S/C11H9BrF4O2/c1-2-18-10(17)9(12)7-4-3-6(5-8(7)13)11(14,15)16/h3-5,9H,2H2,1H3. The molecule has 0 spiro atoms. The summed E-state index contributed by atoms with van der Waals surface area (Å²) in [5, 5.41) is 0. The van der Waals surface area contributed by atoms with Gasteiger partial charge in [0.2, 0.25) is 0 Å². The van der Waals surface area contributed by atoms with Crippen LogP contribution >= 0.6 is 15.9 Å². The lowest BCUT2D eigenvalue weighted by atomic mass is 10.1. The van der Waals surface area contributed by atoms with Crippen LogP contribution in [0, 0.1) is 5.82 Å². The van der Waals surface area contributed by atoms with Gasteiger partial charge in [-0.15, -0.1) is 0 Å². The monoisotopic (exact) mass is 328 g/mol. The molecule has 0 amide bonds. The molecule has 7 heteroatoms. The number of hydrogen-bond donors (Lipinski definition) is 0.